The Hall–Kier alpha value is -2.95. The summed E-state index contributed by atoms with van der Waals surface area (Å²) in [6, 6.07) is 16.5. The van der Waals surface area contributed by atoms with Gasteiger partial charge in [-0.05, 0) is 30.2 Å². The van der Waals surface area contributed by atoms with Crippen LogP contribution in [0, 0.1) is 5.82 Å². The van der Waals surface area contributed by atoms with Crippen molar-refractivity contribution in [1.82, 2.24) is 14.7 Å². The van der Waals surface area contributed by atoms with E-state index in [0.717, 1.165) is 12.1 Å². The zero-order valence-electron chi connectivity index (χ0n) is 13.7. The third-order valence-electron chi connectivity index (χ3n) is 4.67. The fourth-order valence-corrected chi connectivity index (χ4v) is 3.34. The minimum Gasteiger partial charge on any atom is -0.338 e. The van der Waals surface area contributed by atoms with Crippen molar-refractivity contribution in [1.29, 1.82) is 0 Å². The number of nitrogens with zero attached hydrogens (tertiary/aromatic N) is 3. The molecule has 1 saturated heterocycles. The van der Waals surface area contributed by atoms with Gasteiger partial charge >= 0.3 is 0 Å². The van der Waals surface area contributed by atoms with Gasteiger partial charge in [0.1, 0.15) is 5.82 Å². The lowest BCUT2D eigenvalue weighted by Crippen LogP contribution is -2.28. The summed E-state index contributed by atoms with van der Waals surface area (Å²) >= 11 is 0. The minimum atomic E-state index is -0.196. The Morgan fingerprint density at radius 3 is 2.64 bits per heavy atom. The highest BCUT2D eigenvalue weighted by Crippen LogP contribution is 2.29. The van der Waals surface area contributed by atoms with Crippen LogP contribution in [0.1, 0.15) is 28.3 Å². The summed E-state index contributed by atoms with van der Waals surface area (Å²) in [7, 11) is 0. The Bertz CT molecular complexity index is 891. The van der Waals surface area contributed by atoms with E-state index in [4.69, 9.17) is 0 Å². The molecule has 1 atom stereocenters. The standard InChI is InChI=1S/C20H18FN3O/c21-19-9-5-4-8-18(19)15-10-11-23(13-15)20(25)16-12-22-24(14-16)17-6-2-1-3-7-17/h1-9,12,14-15H,10-11,13H2. The predicted octanol–water partition coefficient (Wildman–Crippen LogP) is 3.64. The Balaban J connectivity index is 1.49. The van der Waals surface area contributed by atoms with Crippen molar-refractivity contribution < 1.29 is 9.18 Å². The average molecular weight is 335 g/mol. The molecule has 4 rings (SSSR count). The second-order valence-electron chi connectivity index (χ2n) is 6.27. The number of benzene rings is 2. The fourth-order valence-electron chi connectivity index (χ4n) is 3.34. The van der Waals surface area contributed by atoms with E-state index in [1.165, 1.54) is 6.07 Å². The topological polar surface area (TPSA) is 38.1 Å². The number of amides is 1. The summed E-state index contributed by atoms with van der Waals surface area (Å²) in [5, 5.41) is 4.28. The van der Waals surface area contributed by atoms with E-state index in [1.807, 2.05) is 36.4 Å². The van der Waals surface area contributed by atoms with Gasteiger partial charge in [-0.1, -0.05) is 36.4 Å². The molecule has 0 aliphatic carbocycles. The van der Waals surface area contributed by atoms with Crippen molar-refractivity contribution in [2.75, 3.05) is 13.1 Å². The molecule has 1 unspecified atom stereocenters. The highest BCUT2D eigenvalue weighted by Gasteiger charge is 2.29. The number of hydrogen-bond donors (Lipinski definition) is 0. The van der Waals surface area contributed by atoms with Crippen molar-refractivity contribution >= 4 is 5.91 Å². The lowest BCUT2D eigenvalue weighted by Gasteiger charge is -2.16. The number of halogens is 1. The number of rotatable bonds is 3. The van der Waals surface area contributed by atoms with Crippen LogP contribution in [0.15, 0.2) is 67.0 Å². The Kier molecular flexibility index (Phi) is 4.06. The molecular weight excluding hydrogens is 317 g/mol. The Labute approximate surface area is 145 Å². The second kappa shape index (κ2) is 6.51. The Morgan fingerprint density at radius 2 is 1.84 bits per heavy atom. The number of para-hydroxylation sites is 1. The van der Waals surface area contributed by atoms with Crippen LogP contribution in [-0.4, -0.2) is 33.7 Å². The number of aromatic nitrogens is 2. The smallest absolute Gasteiger partial charge is 0.257 e. The molecule has 2 aromatic carbocycles. The van der Waals surface area contributed by atoms with E-state index in [9.17, 15) is 9.18 Å². The van der Waals surface area contributed by atoms with Crippen LogP contribution in [0.3, 0.4) is 0 Å². The molecule has 1 aromatic heterocycles. The number of carbonyl (C=O) groups is 1. The molecule has 126 valence electrons. The van der Waals surface area contributed by atoms with Gasteiger partial charge < -0.3 is 4.90 Å². The van der Waals surface area contributed by atoms with E-state index in [-0.39, 0.29) is 17.6 Å². The fraction of sp³-hybridized carbons (Fsp3) is 0.200. The van der Waals surface area contributed by atoms with Gasteiger partial charge in [-0.15, -0.1) is 0 Å². The molecular formula is C20H18FN3O. The van der Waals surface area contributed by atoms with Gasteiger partial charge in [0, 0.05) is 25.2 Å². The van der Waals surface area contributed by atoms with Gasteiger partial charge in [-0.2, -0.15) is 5.10 Å². The first-order chi connectivity index (χ1) is 12.2. The minimum absolute atomic E-state index is 0.0503. The molecule has 0 saturated carbocycles. The van der Waals surface area contributed by atoms with Crippen molar-refractivity contribution in [3.05, 3.63) is 83.9 Å². The number of carbonyl (C=O) groups excluding carboxylic acids is 1. The van der Waals surface area contributed by atoms with Crippen molar-refractivity contribution in [2.24, 2.45) is 0 Å². The van der Waals surface area contributed by atoms with E-state index < -0.39 is 0 Å². The highest BCUT2D eigenvalue weighted by molar-refractivity contribution is 5.94. The maximum absolute atomic E-state index is 14.0. The molecule has 4 nitrogen and oxygen atoms in total. The molecule has 25 heavy (non-hydrogen) atoms. The first kappa shape index (κ1) is 15.6. The zero-order valence-corrected chi connectivity index (χ0v) is 13.7. The van der Waals surface area contributed by atoms with E-state index in [2.05, 4.69) is 5.10 Å². The quantitative estimate of drug-likeness (QED) is 0.733. The molecule has 1 amide bonds. The molecule has 1 aliphatic rings. The van der Waals surface area contributed by atoms with Crippen LogP contribution in [0.5, 0.6) is 0 Å². The van der Waals surface area contributed by atoms with Crippen LogP contribution >= 0.6 is 0 Å². The average Bonchev–Trinajstić information content (AvgIpc) is 3.32. The highest BCUT2D eigenvalue weighted by atomic mass is 19.1. The molecule has 1 fully saturated rings. The maximum atomic E-state index is 14.0. The summed E-state index contributed by atoms with van der Waals surface area (Å²) < 4.78 is 15.7. The largest absolute Gasteiger partial charge is 0.338 e. The van der Waals surface area contributed by atoms with E-state index in [1.54, 1.807) is 34.1 Å². The summed E-state index contributed by atoms with van der Waals surface area (Å²) in [5.74, 6) is -0.200. The summed E-state index contributed by atoms with van der Waals surface area (Å²) in [6.45, 7) is 1.17. The van der Waals surface area contributed by atoms with Gasteiger partial charge in [0.05, 0.1) is 17.4 Å². The van der Waals surface area contributed by atoms with Crippen molar-refractivity contribution in [3.63, 3.8) is 0 Å². The molecule has 0 radical (unpaired) electrons. The van der Waals surface area contributed by atoms with Gasteiger partial charge in [0.15, 0.2) is 0 Å². The van der Waals surface area contributed by atoms with Crippen molar-refractivity contribution in [2.45, 2.75) is 12.3 Å². The van der Waals surface area contributed by atoms with Crippen LogP contribution in [0.2, 0.25) is 0 Å². The second-order valence-corrected chi connectivity index (χ2v) is 6.27. The van der Waals surface area contributed by atoms with Crippen LogP contribution in [0.4, 0.5) is 4.39 Å². The summed E-state index contributed by atoms with van der Waals surface area (Å²) in [4.78, 5) is 14.5. The maximum Gasteiger partial charge on any atom is 0.257 e. The normalized spacial score (nSPS) is 17.0. The van der Waals surface area contributed by atoms with Crippen LogP contribution in [-0.2, 0) is 0 Å². The molecule has 5 heteroatoms. The summed E-state index contributed by atoms with van der Waals surface area (Å²) in [6.07, 6.45) is 4.11. The van der Waals surface area contributed by atoms with Gasteiger partial charge in [-0.3, -0.25) is 4.79 Å². The van der Waals surface area contributed by atoms with Gasteiger partial charge in [0.25, 0.3) is 5.91 Å². The third kappa shape index (κ3) is 3.05. The lowest BCUT2D eigenvalue weighted by atomic mass is 9.98. The van der Waals surface area contributed by atoms with Gasteiger partial charge in [-0.25, -0.2) is 9.07 Å². The molecule has 3 aromatic rings. The number of likely N-dealkylation sites (tertiary alicyclic amines) is 1. The van der Waals surface area contributed by atoms with Crippen molar-refractivity contribution in [3.8, 4) is 5.69 Å². The van der Waals surface area contributed by atoms with E-state index >= 15 is 0 Å². The zero-order chi connectivity index (χ0) is 17.2. The third-order valence-corrected chi connectivity index (χ3v) is 4.67. The SMILES string of the molecule is O=C(c1cnn(-c2ccccc2)c1)N1CCC(c2ccccc2F)C1. The molecule has 2 heterocycles. The van der Waals surface area contributed by atoms with Crippen LogP contribution in [0.25, 0.3) is 5.69 Å². The summed E-state index contributed by atoms with van der Waals surface area (Å²) in [5.41, 5.74) is 2.16. The monoisotopic (exact) mass is 335 g/mol. The van der Waals surface area contributed by atoms with Crippen LogP contribution < -0.4 is 0 Å². The number of hydrogen-bond acceptors (Lipinski definition) is 2. The molecule has 0 N–H and O–H groups in total. The van der Waals surface area contributed by atoms with Gasteiger partial charge in [0.2, 0.25) is 0 Å². The first-order valence-electron chi connectivity index (χ1n) is 8.36. The molecule has 0 bridgehead atoms. The molecule has 1 aliphatic heterocycles. The predicted molar refractivity (Wildman–Crippen MR) is 93.2 cm³/mol. The molecule has 0 spiro atoms. The van der Waals surface area contributed by atoms with E-state index in [0.29, 0.717) is 24.2 Å². The first-order valence-corrected chi connectivity index (χ1v) is 8.36. The lowest BCUT2D eigenvalue weighted by molar-refractivity contribution is 0.0790. The Morgan fingerprint density at radius 1 is 1.08 bits per heavy atom.